The zero-order chi connectivity index (χ0) is 13.4. The van der Waals surface area contributed by atoms with Crippen molar-refractivity contribution in [2.45, 2.75) is 83.2 Å². The quantitative estimate of drug-likeness (QED) is 0.845. The molecule has 6 atom stereocenters. The third kappa shape index (κ3) is 2.57. The summed E-state index contributed by atoms with van der Waals surface area (Å²) in [7, 11) is 0. The van der Waals surface area contributed by atoms with Crippen LogP contribution in [-0.4, -0.2) is 48.3 Å². The van der Waals surface area contributed by atoms with Crippen molar-refractivity contribution in [2.75, 3.05) is 13.1 Å². The maximum Gasteiger partial charge on any atom is 0.0736 e. The van der Waals surface area contributed by atoms with Crippen LogP contribution in [0.2, 0.25) is 0 Å². The van der Waals surface area contributed by atoms with Gasteiger partial charge < -0.3 is 10.1 Å². The van der Waals surface area contributed by atoms with Gasteiger partial charge in [0.1, 0.15) is 0 Å². The highest BCUT2D eigenvalue weighted by Crippen LogP contribution is 2.40. The zero-order valence-corrected chi connectivity index (χ0v) is 12.8. The molecule has 3 nitrogen and oxygen atoms in total. The number of likely N-dealkylation sites (tertiary alicyclic amines) is 1. The second kappa shape index (κ2) is 5.71. The molecular formula is C16H30N2O. The van der Waals surface area contributed by atoms with Gasteiger partial charge in [-0.3, -0.25) is 4.90 Å². The van der Waals surface area contributed by atoms with Gasteiger partial charge in [0.05, 0.1) is 12.2 Å². The van der Waals surface area contributed by atoms with Crippen LogP contribution in [0.15, 0.2) is 0 Å². The van der Waals surface area contributed by atoms with Crippen LogP contribution >= 0.6 is 0 Å². The first-order valence-corrected chi connectivity index (χ1v) is 8.35. The first kappa shape index (κ1) is 13.8. The molecule has 3 saturated heterocycles. The van der Waals surface area contributed by atoms with Crippen molar-refractivity contribution in [3.63, 3.8) is 0 Å². The third-order valence-corrected chi connectivity index (χ3v) is 5.77. The van der Waals surface area contributed by atoms with Gasteiger partial charge in [0.2, 0.25) is 0 Å². The zero-order valence-electron chi connectivity index (χ0n) is 12.8. The number of nitrogens with one attached hydrogen (secondary N) is 1. The Labute approximate surface area is 118 Å². The number of piperidine rings is 1. The van der Waals surface area contributed by atoms with E-state index in [1.54, 1.807) is 0 Å². The number of nitrogens with zero attached hydrogens (tertiary/aromatic N) is 1. The minimum absolute atomic E-state index is 0.541. The minimum Gasteiger partial charge on any atom is -0.373 e. The normalized spacial score (nSPS) is 46.9. The largest absolute Gasteiger partial charge is 0.373 e. The van der Waals surface area contributed by atoms with E-state index in [4.69, 9.17) is 4.74 Å². The maximum atomic E-state index is 6.06. The van der Waals surface area contributed by atoms with Crippen molar-refractivity contribution in [3.05, 3.63) is 0 Å². The van der Waals surface area contributed by atoms with E-state index in [1.807, 2.05) is 0 Å². The summed E-state index contributed by atoms with van der Waals surface area (Å²) in [6, 6.07) is 2.12. The maximum absolute atomic E-state index is 6.06. The summed E-state index contributed by atoms with van der Waals surface area (Å²) in [6.07, 6.45) is 7.55. The molecule has 3 fully saturated rings. The van der Waals surface area contributed by atoms with E-state index in [-0.39, 0.29) is 0 Å². The highest BCUT2D eigenvalue weighted by Gasteiger charge is 2.46. The van der Waals surface area contributed by atoms with Crippen molar-refractivity contribution in [1.82, 2.24) is 10.2 Å². The summed E-state index contributed by atoms with van der Waals surface area (Å²) in [4.78, 5) is 2.76. The van der Waals surface area contributed by atoms with Crippen molar-refractivity contribution < 1.29 is 4.74 Å². The molecule has 0 aromatic carbocycles. The lowest BCUT2D eigenvalue weighted by atomic mass is 9.83. The lowest BCUT2D eigenvalue weighted by Crippen LogP contribution is -2.58. The second-order valence-electron chi connectivity index (χ2n) is 6.86. The second-order valence-corrected chi connectivity index (χ2v) is 6.86. The molecular weight excluding hydrogens is 236 g/mol. The molecule has 0 spiro atoms. The van der Waals surface area contributed by atoms with E-state index in [1.165, 1.54) is 45.2 Å². The number of ether oxygens (including phenoxy) is 1. The fourth-order valence-corrected chi connectivity index (χ4v) is 4.44. The van der Waals surface area contributed by atoms with Gasteiger partial charge in [0.15, 0.2) is 0 Å². The summed E-state index contributed by atoms with van der Waals surface area (Å²) < 4.78 is 6.06. The Balaban J connectivity index is 1.60. The minimum atomic E-state index is 0.541. The summed E-state index contributed by atoms with van der Waals surface area (Å²) in [5.41, 5.74) is 0. The van der Waals surface area contributed by atoms with Crippen LogP contribution in [0.5, 0.6) is 0 Å². The monoisotopic (exact) mass is 266 g/mol. The predicted octanol–water partition coefficient (Wildman–Crippen LogP) is 2.40. The smallest absolute Gasteiger partial charge is 0.0736 e. The van der Waals surface area contributed by atoms with Gasteiger partial charge in [-0.15, -0.1) is 0 Å². The third-order valence-electron chi connectivity index (χ3n) is 5.77. The van der Waals surface area contributed by atoms with Gasteiger partial charge >= 0.3 is 0 Å². The van der Waals surface area contributed by atoms with Crippen molar-refractivity contribution in [1.29, 1.82) is 0 Å². The van der Waals surface area contributed by atoms with Crippen molar-refractivity contribution in [3.8, 4) is 0 Å². The highest BCUT2D eigenvalue weighted by atomic mass is 16.5. The van der Waals surface area contributed by atoms with E-state index in [9.17, 15) is 0 Å². The Kier molecular flexibility index (Phi) is 4.16. The molecule has 0 radical (unpaired) electrons. The van der Waals surface area contributed by atoms with Gasteiger partial charge in [-0.05, 0) is 51.5 Å². The molecule has 0 aliphatic carbocycles. The molecule has 3 heterocycles. The lowest BCUT2D eigenvalue weighted by Gasteiger charge is -2.47. The van der Waals surface area contributed by atoms with Crippen LogP contribution in [0.4, 0.5) is 0 Å². The topological polar surface area (TPSA) is 24.5 Å². The molecule has 3 heteroatoms. The van der Waals surface area contributed by atoms with E-state index in [0.29, 0.717) is 30.3 Å². The van der Waals surface area contributed by atoms with Gasteiger partial charge in [-0.25, -0.2) is 0 Å². The van der Waals surface area contributed by atoms with E-state index in [2.05, 4.69) is 31.0 Å². The lowest BCUT2D eigenvalue weighted by molar-refractivity contribution is 0.0117. The Morgan fingerprint density at radius 1 is 1.21 bits per heavy atom. The standard InChI is InChI=1S/C16H30N2O/c1-4-8-17-14-7-9-18(12(3)11(14)2)15-10-13-5-6-16(15)19-13/h11-17H,4-10H2,1-3H3. The highest BCUT2D eigenvalue weighted by molar-refractivity contribution is 5.00. The van der Waals surface area contributed by atoms with Crippen LogP contribution in [-0.2, 0) is 4.74 Å². The molecule has 0 saturated carbocycles. The Bertz CT molecular complexity index is 309. The van der Waals surface area contributed by atoms with Gasteiger partial charge in [0.25, 0.3) is 0 Å². The van der Waals surface area contributed by atoms with Gasteiger partial charge in [-0.2, -0.15) is 0 Å². The molecule has 3 aliphatic heterocycles. The molecule has 2 bridgehead atoms. The van der Waals surface area contributed by atoms with Crippen LogP contribution in [0.25, 0.3) is 0 Å². The Morgan fingerprint density at radius 2 is 2.05 bits per heavy atom. The summed E-state index contributed by atoms with van der Waals surface area (Å²) >= 11 is 0. The Hall–Kier alpha value is -0.120. The molecule has 3 aliphatic rings. The summed E-state index contributed by atoms with van der Waals surface area (Å²) in [5, 5.41) is 3.74. The molecule has 0 amide bonds. The van der Waals surface area contributed by atoms with E-state index < -0.39 is 0 Å². The van der Waals surface area contributed by atoms with E-state index in [0.717, 1.165) is 5.92 Å². The first-order chi connectivity index (χ1) is 9.20. The average molecular weight is 266 g/mol. The average Bonchev–Trinajstić information content (AvgIpc) is 3.03. The van der Waals surface area contributed by atoms with Gasteiger partial charge in [-0.1, -0.05) is 13.8 Å². The SMILES string of the molecule is CCCNC1CCN(C2CC3CCC2O3)C(C)C1C. The fraction of sp³-hybridized carbons (Fsp3) is 1.00. The van der Waals surface area contributed by atoms with Crippen LogP contribution in [0.1, 0.15) is 52.9 Å². The number of hydrogen-bond acceptors (Lipinski definition) is 3. The van der Waals surface area contributed by atoms with E-state index >= 15 is 0 Å². The van der Waals surface area contributed by atoms with Crippen LogP contribution in [0.3, 0.4) is 0 Å². The molecule has 0 aromatic rings. The first-order valence-electron chi connectivity index (χ1n) is 8.35. The molecule has 3 rings (SSSR count). The molecule has 6 unspecified atom stereocenters. The number of rotatable bonds is 4. The Morgan fingerprint density at radius 3 is 2.68 bits per heavy atom. The summed E-state index contributed by atoms with van der Waals surface area (Å²) in [5.74, 6) is 0.749. The van der Waals surface area contributed by atoms with Crippen LogP contribution < -0.4 is 5.32 Å². The molecule has 0 aromatic heterocycles. The van der Waals surface area contributed by atoms with Gasteiger partial charge in [0, 0.05) is 24.7 Å². The number of hydrogen-bond donors (Lipinski definition) is 1. The fourth-order valence-electron chi connectivity index (χ4n) is 4.44. The summed E-state index contributed by atoms with van der Waals surface area (Å²) in [6.45, 7) is 9.53. The van der Waals surface area contributed by atoms with Crippen molar-refractivity contribution >= 4 is 0 Å². The van der Waals surface area contributed by atoms with Crippen molar-refractivity contribution in [2.24, 2.45) is 5.92 Å². The molecule has 19 heavy (non-hydrogen) atoms. The molecule has 110 valence electrons. The molecule has 1 N–H and O–H groups in total. The predicted molar refractivity (Wildman–Crippen MR) is 78.3 cm³/mol. The number of fused-ring (bicyclic) bond motifs is 2. The van der Waals surface area contributed by atoms with Crippen LogP contribution in [0, 0.1) is 5.92 Å².